The molecule has 2 atom stereocenters. The van der Waals surface area contributed by atoms with Crippen molar-refractivity contribution in [1.82, 2.24) is 9.47 Å². The molecular weight excluding hydrogens is 292 g/mol. The van der Waals surface area contributed by atoms with Gasteiger partial charge < -0.3 is 14.4 Å². The van der Waals surface area contributed by atoms with Gasteiger partial charge in [-0.3, -0.25) is 9.69 Å². The van der Waals surface area contributed by atoms with Crippen LogP contribution >= 0.6 is 0 Å². The number of ether oxygens (including phenoxy) is 1. The van der Waals surface area contributed by atoms with Gasteiger partial charge in [-0.2, -0.15) is 0 Å². The normalized spacial score (nSPS) is 20.7. The summed E-state index contributed by atoms with van der Waals surface area (Å²) >= 11 is 0. The molecule has 0 bridgehead atoms. The van der Waals surface area contributed by atoms with Crippen LogP contribution in [-0.4, -0.2) is 60.3 Å². The van der Waals surface area contributed by atoms with E-state index in [1.54, 1.807) is 7.11 Å². The number of aliphatic hydroxyl groups is 1. The average molecular weight is 322 g/mol. The molecule has 1 aromatic rings. The third-order valence-corrected chi connectivity index (χ3v) is 4.86. The molecular formula is C18H30N2O3. The summed E-state index contributed by atoms with van der Waals surface area (Å²) in [6, 6.07) is 2.22. The quantitative estimate of drug-likeness (QED) is 0.782. The number of likely N-dealkylation sites (tertiary alicyclic amines) is 1. The van der Waals surface area contributed by atoms with Crippen LogP contribution in [0, 0.1) is 19.8 Å². The van der Waals surface area contributed by atoms with Crippen LogP contribution in [0.5, 0.6) is 0 Å². The Hall–Kier alpha value is -1.17. The van der Waals surface area contributed by atoms with Crippen LogP contribution in [0.2, 0.25) is 0 Å². The van der Waals surface area contributed by atoms with E-state index >= 15 is 0 Å². The highest BCUT2D eigenvalue weighted by Gasteiger charge is 2.24. The van der Waals surface area contributed by atoms with Gasteiger partial charge in [0.05, 0.1) is 19.2 Å². The Morgan fingerprint density at radius 2 is 2.22 bits per heavy atom. The van der Waals surface area contributed by atoms with Crippen molar-refractivity contribution < 1.29 is 14.6 Å². The lowest BCUT2D eigenvalue weighted by molar-refractivity contribution is 0.0832. The number of rotatable bonds is 7. The molecule has 2 rings (SSSR count). The number of aliphatic hydroxyl groups excluding tert-OH is 1. The first-order valence-electron chi connectivity index (χ1n) is 8.51. The topological polar surface area (TPSA) is 54.7 Å². The minimum Gasteiger partial charge on any atom is -0.396 e. The summed E-state index contributed by atoms with van der Waals surface area (Å²) in [7, 11) is 1.70. The van der Waals surface area contributed by atoms with E-state index in [0.717, 1.165) is 42.9 Å². The number of hydrogen-bond donors (Lipinski definition) is 1. The van der Waals surface area contributed by atoms with Crippen LogP contribution in [0.15, 0.2) is 6.07 Å². The van der Waals surface area contributed by atoms with Crippen LogP contribution < -0.4 is 0 Å². The first-order chi connectivity index (χ1) is 11.0. The molecule has 130 valence electrons. The van der Waals surface area contributed by atoms with Gasteiger partial charge in [0.2, 0.25) is 0 Å². The second-order valence-corrected chi connectivity index (χ2v) is 6.81. The fourth-order valence-corrected chi connectivity index (χ4v) is 3.79. The van der Waals surface area contributed by atoms with Crippen molar-refractivity contribution in [3.63, 3.8) is 0 Å². The summed E-state index contributed by atoms with van der Waals surface area (Å²) in [5, 5.41) is 9.33. The Morgan fingerprint density at radius 1 is 1.48 bits per heavy atom. The first-order valence-corrected chi connectivity index (χ1v) is 8.51. The predicted octanol–water partition coefficient (Wildman–Crippen LogP) is 2.20. The molecule has 0 aliphatic carbocycles. The lowest BCUT2D eigenvalue weighted by Crippen LogP contribution is -2.39. The molecule has 0 amide bonds. The molecule has 23 heavy (non-hydrogen) atoms. The minimum absolute atomic E-state index is 0.174. The number of carbonyl (C=O) groups is 1. The molecule has 5 heteroatoms. The number of methoxy groups -OCH3 is 1. The van der Waals surface area contributed by atoms with E-state index in [0.29, 0.717) is 19.1 Å². The van der Waals surface area contributed by atoms with Crippen molar-refractivity contribution >= 4 is 5.78 Å². The maximum atomic E-state index is 12.7. The lowest BCUT2D eigenvalue weighted by atomic mass is 9.98. The highest BCUT2D eigenvalue weighted by molar-refractivity contribution is 5.99. The minimum atomic E-state index is 0.174. The Labute approximate surface area is 139 Å². The molecule has 0 aromatic carbocycles. The molecule has 5 nitrogen and oxygen atoms in total. The fourth-order valence-electron chi connectivity index (χ4n) is 3.79. The number of Topliss-reactive ketones (excluding diaryl/α,β-unsaturated/α-hetero) is 1. The summed E-state index contributed by atoms with van der Waals surface area (Å²) in [6.45, 7) is 9.22. The van der Waals surface area contributed by atoms with E-state index in [1.807, 2.05) is 19.9 Å². The molecule has 1 aliphatic heterocycles. The summed E-state index contributed by atoms with van der Waals surface area (Å²) < 4.78 is 7.43. The molecule has 2 heterocycles. The number of aromatic nitrogens is 1. The van der Waals surface area contributed by atoms with E-state index in [-0.39, 0.29) is 18.4 Å². The monoisotopic (exact) mass is 322 g/mol. The second kappa shape index (κ2) is 8.08. The van der Waals surface area contributed by atoms with Crippen molar-refractivity contribution in [2.24, 2.45) is 5.92 Å². The van der Waals surface area contributed by atoms with Gasteiger partial charge in [-0.15, -0.1) is 0 Å². The lowest BCUT2D eigenvalue weighted by Gasteiger charge is -2.31. The van der Waals surface area contributed by atoms with Gasteiger partial charge in [-0.25, -0.2) is 0 Å². The smallest absolute Gasteiger partial charge is 0.178 e. The Morgan fingerprint density at radius 3 is 2.87 bits per heavy atom. The molecule has 0 spiro atoms. The van der Waals surface area contributed by atoms with Gasteiger partial charge in [-0.1, -0.05) is 0 Å². The van der Waals surface area contributed by atoms with Gasteiger partial charge in [0, 0.05) is 37.2 Å². The Bertz CT molecular complexity index is 539. The first kappa shape index (κ1) is 18.2. The van der Waals surface area contributed by atoms with Gasteiger partial charge in [0.1, 0.15) is 0 Å². The maximum Gasteiger partial charge on any atom is 0.178 e. The third-order valence-electron chi connectivity index (χ3n) is 4.86. The highest BCUT2D eigenvalue weighted by Crippen LogP contribution is 2.22. The number of piperidine rings is 1. The molecule has 1 N–H and O–H groups in total. The fraction of sp³-hybridized carbons (Fsp3) is 0.722. The molecule has 1 aliphatic rings. The van der Waals surface area contributed by atoms with Crippen molar-refractivity contribution in [3.8, 4) is 0 Å². The third kappa shape index (κ3) is 4.22. The molecule has 1 fully saturated rings. The van der Waals surface area contributed by atoms with E-state index < -0.39 is 0 Å². The van der Waals surface area contributed by atoms with Crippen molar-refractivity contribution in [1.29, 1.82) is 0 Å². The summed E-state index contributed by atoms with van der Waals surface area (Å²) in [5.74, 6) is 0.485. The van der Waals surface area contributed by atoms with Crippen LogP contribution in [0.25, 0.3) is 0 Å². The molecule has 1 aromatic heterocycles. The SMILES string of the molecule is COCC(C)n1c(C)cc(C(=O)CN2CCCC(CO)C2)c1C. The predicted molar refractivity (Wildman–Crippen MR) is 91.1 cm³/mol. The standard InChI is InChI=1S/C18H30N2O3/c1-13-8-17(15(3)20(13)14(2)12-23-4)18(22)10-19-7-5-6-16(9-19)11-21/h8,14,16,21H,5-7,9-12H2,1-4H3. The number of hydrogen-bond acceptors (Lipinski definition) is 4. The zero-order valence-electron chi connectivity index (χ0n) is 14.8. The van der Waals surface area contributed by atoms with Crippen LogP contribution in [0.4, 0.5) is 0 Å². The van der Waals surface area contributed by atoms with E-state index in [1.165, 1.54) is 0 Å². The van der Waals surface area contributed by atoms with Crippen molar-refractivity contribution in [2.45, 2.75) is 39.7 Å². The highest BCUT2D eigenvalue weighted by atomic mass is 16.5. The van der Waals surface area contributed by atoms with Crippen LogP contribution in [0.1, 0.15) is 47.6 Å². The zero-order valence-corrected chi connectivity index (χ0v) is 14.8. The number of carbonyl (C=O) groups excluding carboxylic acids is 1. The van der Waals surface area contributed by atoms with E-state index in [4.69, 9.17) is 4.74 Å². The van der Waals surface area contributed by atoms with Crippen LogP contribution in [-0.2, 0) is 4.74 Å². The summed E-state index contributed by atoms with van der Waals surface area (Å²) in [6.07, 6.45) is 2.12. The summed E-state index contributed by atoms with van der Waals surface area (Å²) in [5.41, 5.74) is 2.94. The Balaban J connectivity index is 2.09. The average Bonchev–Trinajstić information content (AvgIpc) is 2.82. The zero-order chi connectivity index (χ0) is 17.0. The molecule has 0 radical (unpaired) electrons. The van der Waals surface area contributed by atoms with E-state index in [2.05, 4.69) is 16.4 Å². The van der Waals surface area contributed by atoms with Crippen LogP contribution in [0.3, 0.4) is 0 Å². The van der Waals surface area contributed by atoms with Gasteiger partial charge in [-0.05, 0) is 52.1 Å². The van der Waals surface area contributed by atoms with Gasteiger partial charge >= 0.3 is 0 Å². The van der Waals surface area contributed by atoms with E-state index in [9.17, 15) is 9.90 Å². The maximum absolute atomic E-state index is 12.7. The second-order valence-electron chi connectivity index (χ2n) is 6.81. The van der Waals surface area contributed by atoms with Gasteiger partial charge in [0.25, 0.3) is 0 Å². The largest absolute Gasteiger partial charge is 0.396 e. The van der Waals surface area contributed by atoms with Gasteiger partial charge in [0.15, 0.2) is 5.78 Å². The molecule has 2 unspecified atom stereocenters. The molecule has 1 saturated heterocycles. The number of ketones is 1. The molecule has 0 saturated carbocycles. The van der Waals surface area contributed by atoms with Crippen molar-refractivity contribution in [2.75, 3.05) is 40.0 Å². The Kier molecular flexibility index (Phi) is 6.39. The van der Waals surface area contributed by atoms with Crippen molar-refractivity contribution in [3.05, 3.63) is 23.0 Å². The number of aryl methyl sites for hydroxylation is 1. The summed E-state index contributed by atoms with van der Waals surface area (Å²) in [4.78, 5) is 14.9. The number of nitrogens with zero attached hydrogens (tertiary/aromatic N) is 2.